The lowest BCUT2D eigenvalue weighted by atomic mass is 9.97. The summed E-state index contributed by atoms with van der Waals surface area (Å²) in [5.74, 6) is 1.83. The summed E-state index contributed by atoms with van der Waals surface area (Å²) in [4.78, 5) is 2.08. The Morgan fingerprint density at radius 2 is 1.67 bits per heavy atom. The van der Waals surface area contributed by atoms with Gasteiger partial charge in [-0.1, -0.05) is 13.8 Å². The monoisotopic (exact) mass is 481 g/mol. The van der Waals surface area contributed by atoms with Crippen LogP contribution >= 0.6 is 0 Å². The number of phenolic OH excluding ortho intramolecular Hbond substituents is 1. The van der Waals surface area contributed by atoms with Crippen LogP contribution in [0.2, 0.25) is 0 Å². The molecule has 9 heteroatoms. The summed E-state index contributed by atoms with van der Waals surface area (Å²) in [6.07, 6.45) is 0. The molecule has 0 saturated carbocycles. The lowest BCUT2D eigenvalue weighted by molar-refractivity contribution is 0.228. The minimum atomic E-state index is -4.61. The molecule has 0 bridgehead atoms. The van der Waals surface area contributed by atoms with Crippen molar-refractivity contribution in [2.75, 3.05) is 27.3 Å². The van der Waals surface area contributed by atoms with Crippen LogP contribution in [0, 0.1) is 27.7 Å². The maximum atomic E-state index is 11.1. The van der Waals surface area contributed by atoms with Crippen molar-refractivity contribution in [3.05, 3.63) is 45.5 Å². The summed E-state index contributed by atoms with van der Waals surface area (Å²) in [5, 5.41) is 10.5. The summed E-state index contributed by atoms with van der Waals surface area (Å²) in [6.45, 7) is 12.9. The van der Waals surface area contributed by atoms with E-state index in [2.05, 4.69) is 9.08 Å². The Balaban J connectivity index is 2.16. The molecule has 2 aromatic rings. The van der Waals surface area contributed by atoms with Gasteiger partial charge in [-0.25, -0.2) is 0 Å². The zero-order chi connectivity index (χ0) is 25.1. The predicted molar refractivity (Wildman–Crippen MR) is 128 cm³/mol. The van der Waals surface area contributed by atoms with E-state index >= 15 is 0 Å². The first-order valence-corrected chi connectivity index (χ1v) is 12.1. The minimum Gasteiger partial charge on any atom is -0.507 e. The molecule has 0 aliphatic heterocycles. The number of ether oxygens (including phenoxy) is 2. The molecule has 0 aromatic heterocycles. The van der Waals surface area contributed by atoms with E-state index in [9.17, 15) is 13.5 Å². The van der Waals surface area contributed by atoms with Crippen molar-refractivity contribution in [2.45, 2.75) is 54.0 Å². The molecule has 0 heterocycles. The molecule has 0 saturated heterocycles. The van der Waals surface area contributed by atoms with E-state index in [0.29, 0.717) is 31.0 Å². The fourth-order valence-electron chi connectivity index (χ4n) is 3.75. The van der Waals surface area contributed by atoms with E-state index in [0.717, 1.165) is 33.6 Å². The number of likely N-dealkylation sites (N-methyl/N-ethyl adjacent to an activating group) is 1. The van der Waals surface area contributed by atoms with Gasteiger partial charge >= 0.3 is 10.4 Å². The standard InChI is InChI=1S/C24H35NO7S/c1-14(2)19-12-21(32-33(27,28)29)15(3)11-22(19)31-10-9-25(7)13-20-18(6)23(26)16(4)17(5)24(20)30-8/h11-12,14,26H,9-10,13H2,1-8H3,(H,27,28,29). The lowest BCUT2D eigenvalue weighted by Crippen LogP contribution is -2.25. The Bertz CT molecular complexity index is 1110. The SMILES string of the molecule is COc1c(C)c(C)c(O)c(C)c1CN(C)CCOc1cc(C)c(OS(=O)(=O)O)cc1C(C)C. The molecule has 0 spiro atoms. The maximum absolute atomic E-state index is 11.1. The molecule has 0 atom stereocenters. The van der Waals surface area contributed by atoms with Crippen LogP contribution in [0.25, 0.3) is 0 Å². The number of hydrogen-bond acceptors (Lipinski definition) is 7. The van der Waals surface area contributed by atoms with Crippen molar-refractivity contribution in [3.63, 3.8) is 0 Å². The highest BCUT2D eigenvalue weighted by molar-refractivity contribution is 7.81. The molecule has 2 N–H and O–H groups in total. The summed E-state index contributed by atoms with van der Waals surface area (Å²) in [6, 6.07) is 3.29. The third-order valence-corrected chi connectivity index (χ3v) is 6.22. The summed E-state index contributed by atoms with van der Waals surface area (Å²) < 4.78 is 47.6. The highest BCUT2D eigenvalue weighted by Gasteiger charge is 2.20. The largest absolute Gasteiger partial charge is 0.507 e. The van der Waals surface area contributed by atoms with Crippen LogP contribution in [0.1, 0.15) is 53.1 Å². The quantitative estimate of drug-likeness (QED) is 0.480. The molecule has 8 nitrogen and oxygen atoms in total. The van der Waals surface area contributed by atoms with E-state index < -0.39 is 10.4 Å². The van der Waals surface area contributed by atoms with Crippen LogP contribution in [0.15, 0.2) is 12.1 Å². The van der Waals surface area contributed by atoms with Crippen molar-refractivity contribution in [1.29, 1.82) is 0 Å². The topological polar surface area (TPSA) is 106 Å². The average Bonchev–Trinajstić information content (AvgIpc) is 2.71. The second-order valence-corrected chi connectivity index (χ2v) is 9.67. The van der Waals surface area contributed by atoms with Crippen molar-refractivity contribution in [2.24, 2.45) is 0 Å². The molecule has 2 rings (SSSR count). The van der Waals surface area contributed by atoms with Gasteiger partial charge in [-0.05, 0) is 75.0 Å². The number of nitrogens with zero attached hydrogens (tertiary/aromatic N) is 1. The Morgan fingerprint density at radius 1 is 1.03 bits per heavy atom. The van der Waals surface area contributed by atoms with Crippen LogP contribution < -0.4 is 13.7 Å². The molecule has 0 fully saturated rings. The first-order valence-electron chi connectivity index (χ1n) is 10.7. The maximum Gasteiger partial charge on any atom is 0.446 e. The molecule has 33 heavy (non-hydrogen) atoms. The molecule has 2 aromatic carbocycles. The Labute approximate surface area is 197 Å². The lowest BCUT2D eigenvalue weighted by Gasteiger charge is -2.23. The number of aromatic hydroxyl groups is 1. The first-order chi connectivity index (χ1) is 15.3. The van der Waals surface area contributed by atoms with Crippen LogP contribution in [-0.4, -0.2) is 50.3 Å². The number of aryl methyl sites for hydroxylation is 1. The van der Waals surface area contributed by atoms with Crippen LogP contribution in [0.5, 0.6) is 23.0 Å². The van der Waals surface area contributed by atoms with Crippen molar-refractivity contribution >= 4 is 10.4 Å². The third kappa shape index (κ3) is 6.52. The van der Waals surface area contributed by atoms with E-state index in [-0.39, 0.29) is 17.4 Å². The van der Waals surface area contributed by atoms with Gasteiger partial charge < -0.3 is 18.8 Å². The third-order valence-electron chi connectivity index (χ3n) is 5.83. The van der Waals surface area contributed by atoms with Crippen molar-refractivity contribution in [3.8, 4) is 23.0 Å². The van der Waals surface area contributed by atoms with E-state index in [1.165, 1.54) is 0 Å². The first kappa shape index (κ1) is 26.8. The minimum absolute atomic E-state index is 0.0486. The van der Waals surface area contributed by atoms with Gasteiger partial charge in [0.1, 0.15) is 29.6 Å². The highest BCUT2D eigenvalue weighted by atomic mass is 32.3. The van der Waals surface area contributed by atoms with Gasteiger partial charge in [0.15, 0.2) is 0 Å². The average molecular weight is 482 g/mol. The van der Waals surface area contributed by atoms with Crippen LogP contribution in [0.4, 0.5) is 0 Å². The second kappa shape index (κ2) is 10.6. The van der Waals surface area contributed by atoms with Gasteiger partial charge in [0.25, 0.3) is 0 Å². The number of benzene rings is 2. The smallest absolute Gasteiger partial charge is 0.446 e. The van der Waals surface area contributed by atoms with Gasteiger partial charge in [0.2, 0.25) is 0 Å². The van der Waals surface area contributed by atoms with E-state index in [4.69, 9.17) is 14.0 Å². The fraction of sp³-hybridized carbons (Fsp3) is 0.500. The van der Waals surface area contributed by atoms with Crippen LogP contribution in [0.3, 0.4) is 0 Å². The molecule has 0 aliphatic carbocycles. The zero-order valence-corrected chi connectivity index (χ0v) is 21.5. The summed E-state index contributed by atoms with van der Waals surface area (Å²) in [5.41, 5.74) is 4.78. The Morgan fingerprint density at radius 3 is 2.21 bits per heavy atom. The molecule has 184 valence electrons. The van der Waals surface area contributed by atoms with E-state index in [1.807, 2.05) is 41.7 Å². The fourth-order valence-corrected chi connectivity index (χ4v) is 4.16. The summed E-state index contributed by atoms with van der Waals surface area (Å²) >= 11 is 0. The number of rotatable bonds is 10. The Kier molecular flexibility index (Phi) is 8.62. The highest BCUT2D eigenvalue weighted by Crippen LogP contribution is 2.37. The molecular weight excluding hydrogens is 446 g/mol. The predicted octanol–water partition coefficient (Wildman–Crippen LogP) is 4.45. The molecule has 0 radical (unpaired) electrons. The van der Waals surface area contributed by atoms with Gasteiger partial charge in [-0.15, -0.1) is 0 Å². The van der Waals surface area contributed by atoms with Crippen molar-refractivity contribution < 1.29 is 31.7 Å². The van der Waals surface area contributed by atoms with Gasteiger partial charge in [-0.3, -0.25) is 9.45 Å². The second-order valence-electron chi connectivity index (χ2n) is 8.64. The number of phenols is 1. The number of hydrogen-bond donors (Lipinski definition) is 2. The molecule has 0 aliphatic rings. The van der Waals surface area contributed by atoms with Gasteiger partial charge in [0.05, 0.1) is 7.11 Å². The zero-order valence-electron chi connectivity index (χ0n) is 20.6. The molecular formula is C24H35NO7S. The van der Waals surface area contributed by atoms with Gasteiger partial charge in [-0.2, -0.15) is 8.42 Å². The summed E-state index contributed by atoms with van der Waals surface area (Å²) in [7, 11) is -1.01. The van der Waals surface area contributed by atoms with E-state index in [1.54, 1.807) is 26.2 Å². The van der Waals surface area contributed by atoms with Crippen LogP contribution in [-0.2, 0) is 16.9 Å². The van der Waals surface area contributed by atoms with Gasteiger partial charge in [0, 0.05) is 24.2 Å². The van der Waals surface area contributed by atoms with Crippen molar-refractivity contribution in [1.82, 2.24) is 4.90 Å². The Hall–Kier alpha value is -2.49. The molecule has 0 unspecified atom stereocenters. The normalized spacial score (nSPS) is 11.8. The molecule has 0 amide bonds. The number of methoxy groups -OCH3 is 1.